The molecule has 2 aliphatic carbocycles. The minimum atomic E-state index is -0.500. The van der Waals surface area contributed by atoms with E-state index in [1.807, 2.05) is 0 Å². The first-order valence-corrected chi connectivity index (χ1v) is 19.3. The van der Waals surface area contributed by atoms with E-state index in [1.54, 1.807) is 0 Å². The van der Waals surface area contributed by atoms with Gasteiger partial charge in [0.05, 0.1) is 11.1 Å². The van der Waals surface area contributed by atoms with Gasteiger partial charge in [-0.15, -0.1) is 0 Å². The van der Waals surface area contributed by atoms with Crippen molar-refractivity contribution in [3.63, 3.8) is 0 Å². The standard InChI is InChI=1S/C53H43N/c1-35(2)37-31-39(53(38-19-6-5-7-20-38)48-26-14-11-23-44(48)45-24-12-15-27-49(45)53)33-41(32-37)54(51-28-16-18-36-17-8-9-21-42(36)51)40-29-30-46-43-22-10-13-25-47(43)52(3,4)50(46)34-40/h5-35H,1-4H3. The number of anilines is 3. The number of hydrogen-bond donors (Lipinski definition) is 0. The minimum Gasteiger partial charge on any atom is -0.310 e. The van der Waals surface area contributed by atoms with E-state index in [4.69, 9.17) is 0 Å². The van der Waals surface area contributed by atoms with Crippen LogP contribution in [0.5, 0.6) is 0 Å². The fourth-order valence-electron chi connectivity index (χ4n) is 9.69. The van der Waals surface area contributed by atoms with Crippen molar-refractivity contribution in [2.75, 3.05) is 4.90 Å². The number of fused-ring (bicyclic) bond motifs is 7. The van der Waals surface area contributed by atoms with Crippen molar-refractivity contribution in [2.24, 2.45) is 0 Å². The highest BCUT2D eigenvalue weighted by atomic mass is 15.1. The Balaban J connectivity index is 1.29. The van der Waals surface area contributed by atoms with Gasteiger partial charge in [-0.3, -0.25) is 0 Å². The summed E-state index contributed by atoms with van der Waals surface area (Å²) in [4.78, 5) is 2.53. The van der Waals surface area contributed by atoms with Gasteiger partial charge in [-0.2, -0.15) is 0 Å². The van der Waals surface area contributed by atoms with Crippen LogP contribution in [-0.4, -0.2) is 0 Å². The summed E-state index contributed by atoms with van der Waals surface area (Å²) >= 11 is 0. The van der Waals surface area contributed by atoms with Crippen LogP contribution in [0.25, 0.3) is 33.0 Å². The second-order valence-electron chi connectivity index (χ2n) is 15.9. The lowest BCUT2D eigenvalue weighted by Gasteiger charge is -2.36. The highest BCUT2D eigenvalue weighted by Gasteiger charge is 2.46. The summed E-state index contributed by atoms with van der Waals surface area (Å²) in [5, 5.41) is 2.46. The van der Waals surface area contributed by atoms with Gasteiger partial charge in [-0.05, 0) is 103 Å². The van der Waals surface area contributed by atoms with Gasteiger partial charge in [0.2, 0.25) is 0 Å². The highest BCUT2D eigenvalue weighted by molar-refractivity contribution is 6.00. The van der Waals surface area contributed by atoms with Gasteiger partial charge in [-0.1, -0.05) is 179 Å². The van der Waals surface area contributed by atoms with Gasteiger partial charge in [0.1, 0.15) is 0 Å². The monoisotopic (exact) mass is 693 g/mol. The zero-order valence-electron chi connectivity index (χ0n) is 31.3. The fraction of sp³-hybridized carbons (Fsp3) is 0.132. The summed E-state index contributed by atoms with van der Waals surface area (Å²) in [6.45, 7) is 9.40. The van der Waals surface area contributed by atoms with E-state index >= 15 is 0 Å². The topological polar surface area (TPSA) is 3.24 Å². The highest BCUT2D eigenvalue weighted by Crippen LogP contribution is 2.57. The lowest BCUT2D eigenvalue weighted by atomic mass is 9.67. The van der Waals surface area contributed by atoms with Gasteiger partial charge in [-0.25, -0.2) is 0 Å². The second kappa shape index (κ2) is 12.2. The van der Waals surface area contributed by atoms with Crippen LogP contribution in [0, 0.1) is 0 Å². The van der Waals surface area contributed by atoms with Gasteiger partial charge in [0.15, 0.2) is 0 Å². The fourth-order valence-corrected chi connectivity index (χ4v) is 9.69. The van der Waals surface area contributed by atoms with Gasteiger partial charge in [0.25, 0.3) is 0 Å². The molecule has 0 amide bonds. The summed E-state index contributed by atoms with van der Waals surface area (Å²) in [5.74, 6) is 0.311. The Labute approximate surface area is 319 Å². The molecule has 0 fully saturated rings. The maximum atomic E-state index is 2.53. The Hall–Kier alpha value is -6.18. The maximum Gasteiger partial charge on any atom is 0.0714 e. The molecule has 54 heavy (non-hydrogen) atoms. The van der Waals surface area contributed by atoms with Crippen molar-refractivity contribution < 1.29 is 0 Å². The summed E-state index contributed by atoms with van der Waals surface area (Å²) in [5.41, 5.74) is 17.5. The van der Waals surface area contributed by atoms with E-state index in [-0.39, 0.29) is 5.41 Å². The van der Waals surface area contributed by atoms with E-state index in [1.165, 1.54) is 83.3 Å². The molecule has 0 N–H and O–H groups in total. The van der Waals surface area contributed by atoms with Crippen molar-refractivity contribution in [3.8, 4) is 22.3 Å². The Bertz CT molecular complexity index is 2680. The number of nitrogens with zero attached hydrogens (tertiary/aromatic N) is 1. The molecule has 0 heterocycles. The zero-order chi connectivity index (χ0) is 36.6. The molecule has 0 radical (unpaired) electrons. The molecule has 0 aromatic heterocycles. The molecular formula is C53H43N. The summed E-state index contributed by atoms with van der Waals surface area (Å²) < 4.78 is 0. The molecule has 0 aliphatic heterocycles. The molecular weight excluding hydrogens is 651 g/mol. The van der Waals surface area contributed by atoms with Gasteiger partial charge < -0.3 is 4.90 Å². The molecule has 0 atom stereocenters. The molecule has 0 unspecified atom stereocenters. The van der Waals surface area contributed by atoms with Crippen molar-refractivity contribution in [2.45, 2.75) is 44.4 Å². The van der Waals surface area contributed by atoms with Gasteiger partial charge in [0, 0.05) is 22.2 Å². The largest absolute Gasteiger partial charge is 0.310 e. The van der Waals surface area contributed by atoms with Crippen LogP contribution in [0.2, 0.25) is 0 Å². The van der Waals surface area contributed by atoms with Crippen LogP contribution in [0.15, 0.2) is 182 Å². The molecule has 8 aromatic rings. The molecule has 1 nitrogen and oxygen atoms in total. The van der Waals surface area contributed by atoms with E-state index < -0.39 is 5.41 Å². The summed E-state index contributed by atoms with van der Waals surface area (Å²) in [6, 6.07) is 68.3. The average Bonchev–Trinajstić information content (AvgIpc) is 3.64. The van der Waals surface area contributed by atoms with Crippen LogP contribution in [-0.2, 0) is 10.8 Å². The average molecular weight is 694 g/mol. The molecule has 1 heteroatoms. The first-order chi connectivity index (χ1) is 26.4. The van der Waals surface area contributed by atoms with Crippen LogP contribution in [0.1, 0.15) is 72.6 Å². The Morgan fingerprint density at radius 3 is 1.70 bits per heavy atom. The Kier molecular flexibility index (Phi) is 7.33. The predicted molar refractivity (Wildman–Crippen MR) is 228 cm³/mol. The quantitative estimate of drug-likeness (QED) is 0.168. The maximum absolute atomic E-state index is 2.53. The smallest absolute Gasteiger partial charge is 0.0714 e. The van der Waals surface area contributed by atoms with E-state index in [0.717, 1.165) is 5.69 Å². The number of rotatable bonds is 6. The SMILES string of the molecule is CC(C)c1cc(N(c2ccc3c(c2)C(C)(C)c2ccccc2-3)c2cccc3ccccc23)cc(C2(c3ccccc3)c3ccccc3-c3ccccc32)c1. The summed E-state index contributed by atoms with van der Waals surface area (Å²) in [6.07, 6.45) is 0. The predicted octanol–water partition coefficient (Wildman–Crippen LogP) is 14.1. The van der Waals surface area contributed by atoms with Crippen molar-refractivity contribution in [1.29, 1.82) is 0 Å². The van der Waals surface area contributed by atoms with Crippen LogP contribution in [0.3, 0.4) is 0 Å². The normalized spacial score (nSPS) is 14.4. The van der Waals surface area contributed by atoms with Crippen molar-refractivity contribution in [1.82, 2.24) is 0 Å². The molecule has 260 valence electrons. The number of benzene rings is 8. The molecule has 2 aliphatic rings. The Morgan fingerprint density at radius 1 is 0.426 bits per heavy atom. The molecule has 8 aromatic carbocycles. The third kappa shape index (κ3) is 4.64. The third-order valence-electron chi connectivity index (χ3n) is 12.3. The Morgan fingerprint density at radius 2 is 1.00 bits per heavy atom. The molecule has 0 bridgehead atoms. The zero-order valence-corrected chi connectivity index (χ0v) is 31.3. The first-order valence-electron chi connectivity index (χ1n) is 19.3. The van der Waals surface area contributed by atoms with Crippen molar-refractivity contribution in [3.05, 3.63) is 221 Å². The molecule has 0 spiro atoms. The molecule has 0 saturated carbocycles. The minimum absolute atomic E-state index is 0.119. The van der Waals surface area contributed by atoms with Crippen molar-refractivity contribution >= 4 is 27.8 Å². The second-order valence-corrected chi connectivity index (χ2v) is 15.9. The van der Waals surface area contributed by atoms with E-state index in [2.05, 4.69) is 215 Å². The van der Waals surface area contributed by atoms with E-state index in [0.29, 0.717) is 5.92 Å². The third-order valence-corrected chi connectivity index (χ3v) is 12.3. The molecule has 0 saturated heterocycles. The summed E-state index contributed by atoms with van der Waals surface area (Å²) in [7, 11) is 0. The van der Waals surface area contributed by atoms with Gasteiger partial charge >= 0.3 is 0 Å². The number of hydrogen-bond acceptors (Lipinski definition) is 1. The van der Waals surface area contributed by atoms with Crippen LogP contribution in [0.4, 0.5) is 17.1 Å². The van der Waals surface area contributed by atoms with Crippen LogP contribution >= 0.6 is 0 Å². The lowest BCUT2D eigenvalue weighted by molar-refractivity contribution is 0.660. The van der Waals surface area contributed by atoms with E-state index in [9.17, 15) is 0 Å². The van der Waals surface area contributed by atoms with Crippen LogP contribution < -0.4 is 4.90 Å². The lowest BCUT2D eigenvalue weighted by Crippen LogP contribution is -2.29. The first kappa shape index (κ1) is 32.5. The molecule has 10 rings (SSSR count).